The first kappa shape index (κ1) is 18.4. The van der Waals surface area contributed by atoms with Crippen molar-refractivity contribution >= 4 is 27.2 Å². The quantitative estimate of drug-likeness (QED) is 0.805. The maximum Gasteiger partial charge on any atom is 0.255 e. The number of rotatable bonds is 5. The van der Waals surface area contributed by atoms with Gasteiger partial charge in [-0.1, -0.05) is 18.2 Å². The van der Waals surface area contributed by atoms with E-state index in [9.17, 15) is 13.2 Å². The van der Waals surface area contributed by atoms with Gasteiger partial charge in [0.25, 0.3) is 5.91 Å². The number of para-hydroxylation sites is 1. The number of carbonyl (C=O) groups is 1. The zero-order chi connectivity index (χ0) is 18.7. The van der Waals surface area contributed by atoms with Crippen molar-refractivity contribution in [2.75, 3.05) is 30.0 Å². The van der Waals surface area contributed by atoms with Crippen LogP contribution in [0.2, 0.25) is 0 Å². The number of anilines is 2. The largest absolute Gasteiger partial charge is 0.338 e. The monoisotopic (exact) mass is 373 g/mol. The molecule has 1 atom stereocenters. The number of amides is 1. The standard InChI is InChI=1S/C19H23N3O3S/c1-3-22(16-7-5-4-6-8-16)18-10-9-15(13-20-18)19(23)21(2)17-11-12-26(24,25)14-17/h4-10,13,17H,3,11-12,14H2,1-2H3. The molecule has 1 saturated heterocycles. The Morgan fingerprint density at radius 1 is 1.19 bits per heavy atom. The smallest absolute Gasteiger partial charge is 0.255 e. The van der Waals surface area contributed by atoms with Gasteiger partial charge in [0.2, 0.25) is 0 Å². The van der Waals surface area contributed by atoms with E-state index in [1.54, 1.807) is 19.3 Å². The van der Waals surface area contributed by atoms with Crippen molar-refractivity contribution in [3.8, 4) is 0 Å². The highest BCUT2D eigenvalue weighted by Gasteiger charge is 2.33. The summed E-state index contributed by atoms with van der Waals surface area (Å²) >= 11 is 0. The second-order valence-corrected chi connectivity index (χ2v) is 8.69. The molecule has 7 heteroatoms. The molecule has 2 heterocycles. The van der Waals surface area contributed by atoms with Crippen molar-refractivity contribution in [1.29, 1.82) is 0 Å². The fourth-order valence-electron chi connectivity index (χ4n) is 3.21. The number of aromatic nitrogens is 1. The number of hydrogen-bond donors (Lipinski definition) is 0. The molecule has 0 spiro atoms. The Labute approximate surface area is 154 Å². The molecule has 0 N–H and O–H groups in total. The summed E-state index contributed by atoms with van der Waals surface area (Å²) in [5.74, 6) is 0.753. The first-order valence-corrected chi connectivity index (χ1v) is 10.5. The second-order valence-electron chi connectivity index (χ2n) is 6.46. The number of pyridine rings is 1. The molecular weight excluding hydrogens is 350 g/mol. The minimum absolute atomic E-state index is 0.0401. The summed E-state index contributed by atoms with van der Waals surface area (Å²) in [6.45, 7) is 2.80. The fraction of sp³-hybridized carbons (Fsp3) is 0.368. The van der Waals surface area contributed by atoms with Crippen molar-refractivity contribution < 1.29 is 13.2 Å². The van der Waals surface area contributed by atoms with Crippen molar-refractivity contribution in [2.24, 2.45) is 0 Å². The van der Waals surface area contributed by atoms with Crippen LogP contribution in [0.25, 0.3) is 0 Å². The van der Waals surface area contributed by atoms with Gasteiger partial charge in [-0.25, -0.2) is 13.4 Å². The summed E-state index contributed by atoms with van der Waals surface area (Å²) in [6.07, 6.45) is 2.05. The molecule has 1 fully saturated rings. The summed E-state index contributed by atoms with van der Waals surface area (Å²) in [4.78, 5) is 20.7. The molecule has 2 aromatic rings. The van der Waals surface area contributed by atoms with Crippen LogP contribution in [-0.2, 0) is 9.84 Å². The van der Waals surface area contributed by atoms with E-state index in [2.05, 4.69) is 9.88 Å². The van der Waals surface area contributed by atoms with E-state index in [1.165, 1.54) is 4.90 Å². The summed E-state index contributed by atoms with van der Waals surface area (Å²) < 4.78 is 23.3. The van der Waals surface area contributed by atoms with Gasteiger partial charge in [-0.05, 0) is 37.6 Å². The summed E-state index contributed by atoms with van der Waals surface area (Å²) in [7, 11) is -1.37. The molecule has 0 aliphatic carbocycles. The molecule has 1 amide bonds. The maximum absolute atomic E-state index is 12.6. The molecule has 6 nitrogen and oxygen atoms in total. The molecule has 3 rings (SSSR count). The Hall–Kier alpha value is -2.41. The van der Waals surface area contributed by atoms with Gasteiger partial charge in [0.1, 0.15) is 5.82 Å². The third-order valence-electron chi connectivity index (χ3n) is 4.73. The van der Waals surface area contributed by atoms with E-state index in [4.69, 9.17) is 0 Å². The lowest BCUT2D eigenvalue weighted by atomic mass is 10.2. The normalized spacial score (nSPS) is 18.5. The second kappa shape index (κ2) is 7.45. The molecule has 0 saturated carbocycles. The molecule has 1 aromatic carbocycles. The number of carbonyl (C=O) groups excluding carboxylic acids is 1. The van der Waals surface area contributed by atoms with Gasteiger partial charge in [0.15, 0.2) is 9.84 Å². The molecule has 0 radical (unpaired) electrons. The van der Waals surface area contributed by atoms with Gasteiger partial charge >= 0.3 is 0 Å². The average molecular weight is 373 g/mol. The van der Waals surface area contributed by atoms with Gasteiger partial charge in [-0.3, -0.25) is 4.79 Å². The van der Waals surface area contributed by atoms with Crippen LogP contribution < -0.4 is 4.90 Å². The molecular formula is C19H23N3O3S. The lowest BCUT2D eigenvalue weighted by Gasteiger charge is -2.24. The van der Waals surface area contributed by atoms with Crippen LogP contribution >= 0.6 is 0 Å². The van der Waals surface area contributed by atoms with Gasteiger partial charge in [0, 0.05) is 31.5 Å². The zero-order valence-electron chi connectivity index (χ0n) is 15.0. The number of nitrogens with zero attached hydrogens (tertiary/aromatic N) is 3. The van der Waals surface area contributed by atoms with Crippen molar-refractivity contribution in [3.05, 3.63) is 54.2 Å². The lowest BCUT2D eigenvalue weighted by molar-refractivity contribution is 0.0747. The molecule has 138 valence electrons. The fourth-order valence-corrected chi connectivity index (χ4v) is 4.98. The van der Waals surface area contributed by atoms with E-state index in [0.29, 0.717) is 12.0 Å². The Morgan fingerprint density at radius 3 is 2.46 bits per heavy atom. The zero-order valence-corrected chi connectivity index (χ0v) is 15.8. The van der Waals surface area contributed by atoms with Crippen LogP contribution in [0.15, 0.2) is 48.7 Å². The highest BCUT2D eigenvalue weighted by atomic mass is 32.2. The maximum atomic E-state index is 12.6. The minimum Gasteiger partial charge on any atom is -0.338 e. The Morgan fingerprint density at radius 2 is 1.92 bits per heavy atom. The topological polar surface area (TPSA) is 70.6 Å². The van der Waals surface area contributed by atoms with Crippen molar-refractivity contribution in [2.45, 2.75) is 19.4 Å². The van der Waals surface area contributed by atoms with Gasteiger partial charge < -0.3 is 9.80 Å². The predicted molar refractivity (Wildman–Crippen MR) is 103 cm³/mol. The lowest BCUT2D eigenvalue weighted by Crippen LogP contribution is -2.37. The molecule has 26 heavy (non-hydrogen) atoms. The van der Waals surface area contributed by atoms with Crippen molar-refractivity contribution in [1.82, 2.24) is 9.88 Å². The highest BCUT2D eigenvalue weighted by Crippen LogP contribution is 2.24. The van der Waals surface area contributed by atoms with Crippen LogP contribution in [0.1, 0.15) is 23.7 Å². The van der Waals surface area contributed by atoms with Crippen LogP contribution in [0.3, 0.4) is 0 Å². The Kier molecular flexibility index (Phi) is 5.27. The van der Waals surface area contributed by atoms with Crippen LogP contribution in [0, 0.1) is 0 Å². The van der Waals surface area contributed by atoms with E-state index < -0.39 is 9.84 Å². The summed E-state index contributed by atoms with van der Waals surface area (Å²) in [5, 5.41) is 0. The third-order valence-corrected chi connectivity index (χ3v) is 6.48. The van der Waals surface area contributed by atoms with Gasteiger partial charge in [-0.2, -0.15) is 0 Å². The highest BCUT2D eigenvalue weighted by molar-refractivity contribution is 7.91. The van der Waals surface area contributed by atoms with Crippen LogP contribution in [0.4, 0.5) is 11.5 Å². The van der Waals surface area contributed by atoms with Crippen LogP contribution in [-0.4, -0.2) is 55.3 Å². The minimum atomic E-state index is -3.02. The van der Waals surface area contributed by atoms with E-state index >= 15 is 0 Å². The molecule has 1 aromatic heterocycles. The molecule has 1 aliphatic rings. The van der Waals surface area contributed by atoms with E-state index in [0.717, 1.165) is 18.1 Å². The predicted octanol–water partition coefficient (Wildman–Crippen LogP) is 2.50. The Bertz CT molecular complexity index is 867. The number of benzene rings is 1. The molecule has 1 aliphatic heterocycles. The van der Waals surface area contributed by atoms with E-state index in [1.807, 2.05) is 43.3 Å². The van der Waals surface area contributed by atoms with Crippen LogP contribution in [0.5, 0.6) is 0 Å². The van der Waals surface area contributed by atoms with Gasteiger partial charge in [-0.15, -0.1) is 0 Å². The third kappa shape index (κ3) is 3.88. The molecule has 0 bridgehead atoms. The van der Waals surface area contributed by atoms with E-state index in [-0.39, 0.29) is 23.5 Å². The Balaban J connectivity index is 1.75. The van der Waals surface area contributed by atoms with Gasteiger partial charge in [0.05, 0.1) is 17.1 Å². The number of hydrogen-bond acceptors (Lipinski definition) is 5. The summed E-state index contributed by atoms with van der Waals surface area (Å²) in [6, 6.07) is 13.2. The summed E-state index contributed by atoms with van der Waals surface area (Å²) in [5.41, 5.74) is 1.50. The number of sulfone groups is 1. The first-order chi connectivity index (χ1) is 12.4. The molecule has 1 unspecified atom stereocenters. The SMILES string of the molecule is CCN(c1ccccc1)c1ccc(C(=O)N(C)C2CCS(=O)(=O)C2)cn1. The first-order valence-electron chi connectivity index (χ1n) is 8.67. The average Bonchev–Trinajstić information content (AvgIpc) is 3.02. The van der Waals surface area contributed by atoms with Crippen molar-refractivity contribution in [3.63, 3.8) is 0 Å².